The summed E-state index contributed by atoms with van der Waals surface area (Å²) in [5.74, 6) is -0.610. The first-order chi connectivity index (χ1) is 16.2. The molecule has 2 N–H and O–H groups in total. The smallest absolute Gasteiger partial charge is 0.262 e. The van der Waals surface area contributed by atoms with Gasteiger partial charge in [0, 0.05) is 26.3 Å². The van der Waals surface area contributed by atoms with Crippen molar-refractivity contribution in [3.8, 4) is 0 Å². The topological polar surface area (TPSA) is 123 Å². The van der Waals surface area contributed by atoms with Crippen LogP contribution in [0.3, 0.4) is 0 Å². The van der Waals surface area contributed by atoms with Gasteiger partial charge in [0.2, 0.25) is 5.91 Å². The second-order valence-electron chi connectivity index (χ2n) is 8.70. The van der Waals surface area contributed by atoms with Gasteiger partial charge in [0.25, 0.3) is 10.0 Å². The molecule has 1 aromatic carbocycles. The molecule has 2 saturated heterocycles. The van der Waals surface area contributed by atoms with Gasteiger partial charge in [0.05, 0.1) is 50.3 Å². The number of aromatic nitrogens is 2. The van der Waals surface area contributed by atoms with Gasteiger partial charge in [-0.2, -0.15) is 4.31 Å². The minimum absolute atomic E-state index is 0.0282. The van der Waals surface area contributed by atoms with Gasteiger partial charge in [0.1, 0.15) is 5.82 Å². The Bertz CT molecular complexity index is 1110. The van der Waals surface area contributed by atoms with Gasteiger partial charge in [-0.3, -0.25) is 4.79 Å². The number of nitrogens with zero attached hydrogens (tertiary/aromatic N) is 3. The van der Waals surface area contributed by atoms with Crippen molar-refractivity contribution in [2.75, 3.05) is 19.8 Å². The summed E-state index contributed by atoms with van der Waals surface area (Å²) in [6.07, 6.45) is 1.82. The van der Waals surface area contributed by atoms with Crippen molar-refractivity contribution in [1.29, 1.82) is 0 Å². The SMILES string of the molecule is Cn1cnc(S(=O)(=O)N2C[C@@H](O)COC[C@H]3O[C@@H](CC(=O)NCc4cccc(F)c4)CC[C@@H]32)c1. The molecule has 0 saturated carbocycles. The maximum atomic E-state index is 13.3. The van der Waals surface area contributed by atoms with Gasteiger partial charge in [-0.05, 0) is 30.5 Å². The third-order valence-electron chi connectivity index (χ3n) is 5.98. The van der Waals surface area contributed by atoms with E-state index in [4.69, 9.17) is 9.47 Å². The van der Waals surface area contributed by atoms with Crippen molar-refractivity contribution >= 4 is 15.9 Å². The number of hydrogen-bond donors (Lipinski definition) is 2. The predicted molar refractivity (Wildman–Crippen MR) is 118 cm³/mol. The van der Waals surface area contributed by atoms with E-state index in [2.05, 4.69) is 10.3 Å². The Morgan fingerprint density at radius 2 is 2.15 bits per heavy atom. The molecule has 0 radical (unpaired) electrons. The number of imidazole rings is 1. The van der Waals surface area contributed by atoms with Crippen molar-refractivity contribution in [3.63, 3.8) is 0 Å². The van der Waals surface area contributed by atoms with Crippen LogP contribution in [0.1, 0.15) is 24.8 Å². The van der Waals surface area contributed by atoms with E-state index < -0.39 is 34.4 Å². The van der Waals surface area contributed by atoms with E-state index >= 15 is 0 Å². The first-order valence-corrected chi connectivity index (χ1v) is 12.6. The van der Waals surface area contributed by atoms with Crippen LogP contribution in [0.25, 0.3) is 0 Å². The van der Waals surface area contributed by atoms with Crippen molar-refractivity contribution < 1.29 is 32.2 Å². The molecule has 0 bridgehead atoms. The van der Waals surface area contributed by atoms with E-state index in [-0.39, 0.29) is 49.5 Å². The van der Waals surface area contributed by atoms with Gasteiger partial charge < -0.3 is 24.5 Å². The number of carbonyl (C=O) groups is 1. The third-order valence-corrected chi connectivity index (χ3v) is 7.76. The number of halogens is 1. The monoisotopic (exact) mass is 496 g/mol. The molecular weight excluding hydrogens is 467 g/mol. The van der Waals surface area contributed by atoms with Crippen molar-refractivity contribution in [2.45, 2.75) is 55.2 Å². The summed E-state index contributed by atoms with van der Waals surface area (Å²) in [4.78, 5) is 16.4. The molecule has 12 heteroatoms. The lowest BCUT2D eigenvalue weighted by Gasteiger charge is -2.43. The van der Waals surface area contributed by atoms with E-state index in [1.54, 1.807) is 23.7 Å². The number of hydrogen-bond acceptors (Lipinski definition) is 7. The highest BCUT2D eigenvalue weighted by molar-refractivity contribution is 7.89. The summed E-state index contributed by atoms with van der Waals surface area (Å²) in [6, 6.07) is 5.44. The van der Waals surface area contributed by atoms with E-state index in [0.717, 1.165) is 0 Å². The van der Waals surface area contributed by atoms with E-state index in [1.165, 1.54) is 29.0 Å². The Hall–Kier alpha value is -2.38. The van der Waals surface area contributed by atoms with Crippen LogP contribution in [0.2, 0.25) is 0 Å². The highest BCUT2D eigenvalue weighted by atomic mass is 32.2. The number of nitrogens with one attached hydrogen (secondary N) is 1. The van der Waals surface area contributed by atoms with Gasteiger partial charge in [-0.25, -0.2) is 17.8 Å². The van der Waals surface area contributed by atoms with Crippen LogP contribution < -0.4 is 5.32 Å². The van der Waals surface area contributed by atoms with Gasteiger partial charge in [-0.15, -0.1) is 0 Å². The van der Waals surface area contributed by atoms with Crippen LogP contribution in [-0.2, 0) is 37.9 Å². The lowest BCUT2D eigenvalue weighted by molar-refractivity contribution is -0.146. The normalized spacial score (nSPS) is 26.3. The Morgan fingerprint density at radius 3 is 2.88 bits per heavy atom. The summed E-state index contributed by atoms with van der Waals surface area (Å²) in [7, 11) is -2.29. The molecule has 0 unspecified atom stereocenters. The van der Waals surface area contributed by atoms with E-state index in [1.807, 2.05) is 0 Å². The Morgan fingerprint density at radius 1 is 1.32 bits per heavy atom. The number of aliphatic hydroxyl groups excluding tert-OH is 1. The summed E-state index contributed by atoms with van der Waals surface area (Å²) in [6.45, 7) is 0.131. The highest BCUT2D eigenvalue weighted by Gasteiger charge is 2.43. The highest BCUT2D eigenvalue weighted by Crippen LogP contribution is 2.31. The fourth-order valence-corrected chi connectivity index (χ4v) is 6.03. The zero-order chi connectivity index (χ0) is 24.3. The predicted octanol–water partition coefficient (Wildman–Crippen LogP) is 0.564. The van der Waals surface area contributed by atoms with E-state index in [9.17, 15) is 22.7 Å². The number of benzene rings is 1. The van der Waals surface area contributed by atoms with Crippen molar-refractivity contribution in [2.24, 2.45) is 7.05 Å². The Labute approximate surface area is 197 Å². The summed E-state index contributed by atoms with van der Waals surface area (Å²) >= 11 is 0. The fourth-order valence-electron chi connectivity index (χ4n) is 4.34. The van der Waals surface area contributed by atoms with Crippen LogP contribution >= 0.6 is 0 Å². The standard InChI is InChI=1S/C22H29FN4O6S/c1-26-11-22(25-14-26)34(30,31)27-10-17(28)12-32-13-20-19(27)6-5-18(33-20)8-21(29)24-9-15-3-2-4-16(23)7-15/h2-4,7,11,14,17-20,28H,5-6,8-10,12-13H2,1H3,(H,24,29)/t17-,18-,19+,20-/m1/s1. The molecule has 0 spiro atoms. The summed E-state index contributed by atoms with van der Waals surface area (Å²) in [5.41, 5.74) is 0.653. The molecule has 10 nitrogen and oxygen atoms in total. The average molecular weight is 497 g/mol. The maximum Gasteiger partial charge on any atom is 0.262 e. The molecule has 4 atom stereocenters. The number of aryl methyl sites for hydroxylation is 1. The third kappa shape index (κ3) is 5.81. The number of amides is 1. The number of rotatable bonds is 6. The number of β-amino-alcohol motifs (C(OH)–C–C–N with tert-alkyl or cyclic N) is 1. The van der Waals surface area contributed by atoms with E-state index in [0.29, 0.717) is 18.4 Å². The molecule has 186 valence electrons. The molecule has 34 heavy (non-hydrogen) atoms. The van der Waals surface area contributed by atoms with Crippen molar-refractivity contribution in [1.82, 2.24) is 19.2 Å². The molecule has 1 aromatic heterocycles. The number of aliphatic hydroxyl groups is 1. The average Bonchev–Trinajstić information content (AvgIpc) is 3.22. The van der Waals surface area contributed by atoms with Crippen LogP contribution in [-0.4, -0.2) is 77.4 Å². The molecule has 2 aliphatic heterocycles. The zero-order valence-electron chi connectivity index (χ0n) is 18.8. The number of ether oxygens (including phenoxy) is 2. The fraction of sp³-hybridized carbons (Fsp3) is 0.545. The molecule has 2 fully saturated rings. The maximum absolute atomic E-state index is 13.3. The lowest BCUT2D eigenvalue weighted by Crippen LogP contribution is -2.57. The van der Waals surface area contributed by atoms with Crippen LogP contribution in [0.4, 0.5) is 4.39 Å². The summed E-state index contributed by atoms with van der Waals surface area (Å²) in [5, 5.41) is 12.9. The largest absolute Gasteiger partial charge is 0.389 e. The van der Waals surface area contributed by atoms with Crippen molar-refractivity contribution in [3.05, 3.63) is 48.2 Å². The van der Waals surface area contributed by atoms with Gasteiger partial charge in [0.15, 0.2) is 5.03 Å². The number of fused-ring (bicyclic) bond motifs is 1. The quantitative estimate of drug-likeness (QED) is 0.599. The summed E-state index contributed by atoms with van der Waals surface area (Å²) < 4.78 is 54.4. The minimum atomic E-state index is -3.97. The molecule has 1 amide bonds. The lowest BCUT2D eigenvalue weighted by atomic mass is 9.96. The Balaban J connectivity index is 1.41. The first-order valence-electron chi connectivity index (χ1n) is 11.1. The van der Waals surface area contributed by atoms with Crippen LogP contribution in [0.5, 0.6) is 0 Å². The number of carbonyl (C=O) groups excluding carboxylic acids is 1. The van der Waals surface area contributed by atoms with Gasteiger partial charge in [-0.1, -0.05) is 12.1 Å². The first kappa shape index (κ1) is 24.7. The molecule has 4 rings (SSSR count). The minimum Gasteiger partial charge on any atom is -0.389 e. The molecule has 0 aliphatic carbocycles. The molecule has 3 heterocycles. The van der Waals surface area contributed by atoms with Crippen LogP contribution in [0.15, 0.2) is 41.8 Å². The number of sulfonamides is 1. The zero-order valence-corrected chi connectivity index (χ0v) is 19.7. The molecule has 2 aromatic rings. The van der Waals surface area contributed by atoms with Crippen LogP contribution in [0, 0.1) is 5.82 Å². The van der Waals surface area contributed by atoms with Gasteiger partial charge >= 0.3 is 0 Å². The Kier molecular flexibility index (Phi) is 7.63. The second-order valence-corrected chi connectivity index (χ2v) is 10.5. The molecule has 2 aliphatic rings. The second kappa shape index (κ2) is 10.5. The molecular formula is C22H29FN4O6S.